The minimum absolute atomic E-state index is 0.277. The SMILES string of the molecule is CCOc1cc(C=Nc2ccc(N3CCOCC3)cc2)c(Br)cc1OCc1ccccc1C#N. The van der Waals surface area contributed by atoms with Crippen LogP contribution >= 0.6 is 15.9 Å². The minimum atomic E-state index is 0.277. The second kappa shape index (κ2) is 11.7. The third-order valence-electron chi connectivity index (χ3n) is 5.46. The molecule has 174 valence electrons. The number of anilines is 1. The van der Waals surface area contributed by atoms with Crippen LogP contribution in [0.25, 0.3) is 0 Å². The lowest BCUT2D eigenvalue weighted by Gasteiger charge is -2.28. The number of nitrogens with zero attached hydrogens (tertiary/aromatic N) is 3. The highest BCUT2D eigenvalue weighted by atomic mass is 79.9. The molecule has 0 N–H and O–H groups in total. The van der Waals surface area contributed by atoms with Gasteiger partial charge in [0, 0.05) is 40.6 Å². The lowest BCUT2D eigenvalue weighted by Crippen LogP contribution is -2.36. The molecule has 34 heavy (non-hydrogen) atoms. The Morgan fingerprint density at radius 2 is 1.79 bits per heavy atom. The second-order valence-electron chi connectivity index (χ2n) is 7.69. The molecule has 3 aromatic carbocycles. The maximum absolute atomic E-state index is 9.31. The summed E-state index contributed by atoms with van der Waals surface area (Å²) in [6.07, 6.45) is 1.81. The summed E-state index contributed by atoms with van der Waals surface area (Å²) < 4.78 is 18.1. The molecular weight excluding hydrogens is 494 g/mol. The topological polar surface area (TPSA) is 67.1 Å². The molecule has 3 aromatic rings. The number of rotatable bonds is 8. The first-order valence-electron chi connectivity index (χ1n) is 11.2. The molecule has 7 heteroatoms. The fourth-order valence-electron chi connectivity index (χ4n) is 3.66. The maximum atomic E-state index is 9.31. The van der Waals surface area contributed by atoms with E-state index in [0.717, 1.165) is 47.6 Å². The van der Waals surface area contributed by atoms with Gasteiger partial charge in [-0.1, -0.05) is 18.2 Å². The second-order valence-corrected chi connectivity index (χ2v) is 8.54. The normalized spacial score (nSPS) is 13.6. The highest BCUT2D eigenvalue weighted by Gasteiger charge is 2.13. The molecule has 0 spiro atoms. The van der Waals surface area contributed by atoms with Crippen LogP contribution in [-0.4, -0.2) is 39.1 Å². The Morgan fingerprint density at radius 3 is 2.53 bits per heavy atom. The molecule has 0 radical (unpaired) electrons. The Hall–Kier alpha value is -3.34. The molecule has 1 heterocycles. The standard InChI is InChI=1S/C27H26BrN3O3/c1-2-33-26-15-22(18-30-23-7-9-24(10-8-23)31-11-13-32-14-12-31)25(28)16-27(26)34-19-21-6-4-3-5-20(21)17-29/h3-10,15-16,18H,2,11-14,19H2,1H3. The number of nitriles is 1. The minimum Gasteiger partial charge on any atom is -0.490 e. The summed E-state index contributed by atoms with van der Waals surface area (Å²) in [5.41, 5.74) is 4.36. The number of aliphatic imine (C=N–C) groups is 1. The van der Waals surface area contributed by atoms with Crippen LogP contribution in [0.15, 0.2) is 70.1 Å². The van der Waals surface area contributed by atoms with E-state index >= 15 is 0 Å². The average Bonchev–Trinajstić information content (AvgIpc) is 2.89. The van der Waals surface area contributed by atoms with Crippen LogP contribution < -0.4 is 14.4 Å². The smallest absolute Gasteiger partial charge is 0.162 e. The van der Waals surface area contributed by atoms with Gasteiger partial charge in [-0.05, 0) is 65.3 Å². The van der Waals surface area contributed by atoms with Crippen molar-refractivity contribution in [1.29, 1.82) is 5.26 Å². The highest BCUT2D eigenvalue weighted by molar-refractivity contribution is 9.10. The van der Waals surface area contributed by atoms with E-state index in [-0.39, 0.29) is 6.61 Å². The van der Waals surface area contributed by atoms with Gasteiger partial charge in [-0.2, -0.15) is 5.26 Å². The summed E-state index contributed by atoms with van der Waals surface area (Å²) in [5.74, 6) is 1.23. The van der Waals surface area contributed by atoms with Crippen LogP contribution in [0.3, 0.4) is 0 Å². The van der Waals surface area contributed by atoms with Gasteiger partial charge in [-0.25, -0.2) is 0 Å². The zero-order valence-electron chi connectivity index (χ0n) is 19.0. The zero-order valence-corrected chi connectivity index (χ0v) is 20.6. The largest absolute Gasteiger partial charge is 0.490 e. The van der Waals surface area contributed by atoms with Gasteiger partial charge in [0.05, 0.1) is 37.1 Å². The number of halogens is 1. The number of ether oxygens (including phenoxy) is 3. The number of morpholine rings is 1. The molecule has 0 aromatic heterocycles. The quantitative estimate of drug-likeness (QED) is 0.347. The van der Waals surface area contributed by atoms with E-state index in [0.29, 0.717) is 23.7 Å². The molecule has 4 rings (SSSR count). The molecule has 1 aliphatic rings. The van der Waals surface area contributed by atoms with Gasteiger partial charge in [0.15, 0.2) is 11.5 Å². The van der Waals surface area contributed by atoms with Crippen molar-refractivity contribution in [3.8, 4) is 17.6 Å². The molecule has 0 saturated carbocycles. The predicted octanol–water partition coefficient (Wildman–Crippen LogP) is 5.89. The van der Waals surface area contributed by atoms with Crippen LogP contribution in [0.1, 0.15) is 23.6 Å². The Kier molecular flexibility index (Phi) is 8.18. The first kappa shape index (κ1) is 23.8. The lowest BCUT2D eigenvalue weighted by molar-refractivity contribution is 0.122. The Bertz CT molecular complexity index is 1180. The van der Waals surface area contributed by atoms with Gasteiger partial charge in [-0.15, -0.1) is 0 Å². The van der Waals surface area contributed by atoms with Crippen LogP contribution in [0.4, 0.5) is 11.4 Å². The summed E-state index contributed by atoms with van der Waals surface area (Å²) in [7, 11) is 0. The molecule has 1 fully saturated rings. The fraction of sp³-hybridized carbons (Fsp3) is 0.259. The Labute approximate surface area is 208 Å². The highest BCUT2D eigenvalue weighted by Crippen LogP contribution is 2.34. The number of hydrogen-bond acceptors (Lipinski definition) is 6. The fourth-order valence-corrected chi connectivity index (χ4v) is 4.08. The monoisotopic (exact) mass is 519 g/mol. The third kappa shape index (κ3) is 5.96. The van der Waals surface area contributed by atoms with Crippen molar-refractivity contribution in [3.63, 3.8) is 0 Å². The van der Waals surface area contributed by atoms with Gasteiger partial charge in [0.2, 0.25) is 0 Å². The molecule has 1 aliphatic heterocycles. The van der Waals surface area contributed by atoms with E-state index in [1.54, 1.807) is 6.07 Å². The first-order chi connectivity index (χ1) is 16.7. The van der Waals surface area contributed by atoms with Gasteiger partial charge in [-0.3, -0.25) is 4.99 Å². The van der Waals surface area contributed by atoms with Gasteiger partial charge in [0.1, 0.15) is 6.61 Å². The van der Waals surface area contributed by atoms with Crippen molar-refractivity contribution >= 4 is 33.5 Å². The van der Waals surface area contributed by atoms with Gasteiger partial charge >= 0.3 is 0 Å². The summed E-state index contributed by atoms with van der Waals surface area (Å²) in [5, 5.41) is 9.31. The molecule has 0 unspecified atom stereocenters. The maximum Gasteiger partial charge on any atom is 0.162 e. The van der Waals surface area contributed by atoms with Crippen LogP contribution in [0, 0.1) is 11.3 Å². The zero-order chi connectivity index (χ0) is 23.8. The van der Waals surface area contributed by atoms with Crippen molar-refractivity contribution in [1.82, 2.24) is 0 Å². The van der Waals surface area contributed by atoms with Crippen molar-refractivity contribution in [3.05, 3.63) is 81.8 Å². The van der Waals surface area contributed by atoms with Crippen molar-refractivity contribution in [2.75, 3.05) is 37.8 Å². The summed E-state index contributed by atoms with van der Waals surface area (Å²) in [4.78, 5) is 6.96. The van der Waals surface area contributed by atoms with Crippen LogP contribution in [-0.2, 0) is 11.3 Å². The van der Waals surface area contributed by atoms with E-state index in [4.69, 9.17) is 14.2 Å². The summed E-state index contributed by atoms with van der Waals surface area (Å²) in [6.45, 7) is 6.06. The van der Waals surface area contributed by atoms with Crippen molar-refractivity contribution < 1.29 is 14.2 Å². The number of hydrogen-bond donors (Lipinski definition) is 0. The summed E-state index contributed by atoms with van der Waals surface area (Å²) in [6, 6.07) is 21.6. The van der Waals surface area contributed by atoms with Crippen molar-refractivity contribution in [2.45, 2.75) is 13.5 Å². The van der Waals surface area contributed by atoms with Crippen molar-refractivity contribution in [2.24, 2.45) is 4.99 Å². The molecule has 0 aliphatic carbocycles. The molecule has 0 bridgehead atoms. The lowest BCUT2D eigenvalue weighted by atomic mass is 10.1. The van der Waals surface area contributed by atoms with E-state index in [2.05, 4.69) is 44.0 Å². The van der Waals surface area contributed by atoms with Crippen LogP contribution in [0.5, 0.6) is 11.5 Å². The van der Waals surface area contributed by atoms with E-state index < -0.39 is 0 Å². The van der Waals surface area contributed by atoms with Crippen LogP contribution in [0.2, 0.25) is 0 Å². The first-order valence-corrected chi connectivity index (χ1v) is 12.0. The molecule has 0 amide bonds. The van der Waals surface area contributed by atoms with E-state index in [9.17, 15) is 5.26 Å². The predicted molar refractivity (Wildman–Crippen MR) is 138 cm³/mol. The van der Waals surface area contributed by atoms with E-state index in [1.165, 1.54) is 5.69 Å². The summed E-state index contributed by atoms with van der Waals surface area (Å²) >= 11 is 3.63. The van der Waals surface area contributed by atoms with E-state index in [1.807, 2.05) is 55.6 Å². The third-order valence-corrected chi connectivity index (χ3v) is 6.15. The van der Waals surface area contributed by atoms with Gasteiger partial charge in [0.25, 0.3) is 0 Å². The Balaban J connectivity index is 1.49. The van der Waals surface area contributed by atoms with Gasteiger partial charge < -0.3 is 19.1 Å². The molecule has 6 nitrogen and oxygen atoms in total. The Morgan fingerprint density at radius 1 is 1.06 bits per heavy atom. The number of benzene rings is 3. The molecule has 1 saturated heterocycles. The molecule has 0 atom stereocenters. The molecular formula is C27H26BrN3O3. The average molecular weight is 520 g/mol.